The normalized spacial score (nSPS) is 22.5. The fourth-order valence-electron chi connectivity index (χ4n) is 2.70. The van der Waals surface area contributed by atoms with E-state index in [1.807, 2.05) is 31.3 Å². The molecule has 1 aliphatic heterocycles. The standard InChI is InChI=1S/C13H16N4O.ClH/c1-14-11-6-7-17(8-18)12(11)13-15-9-4-2-3-5-10(9)16-13;/h2-5,8,11-12,14H,6-7H2,1H3,(H,15,16);1H. The number of fused-ring (bicyclic) bond motifs is 1. The molecule has 1 saturated heterocycles. The number of rotatable bonds is 3. The lowest BCUT2D eigenvalue weighted by Crippen LogP contribution is -2.34. The van der Waals surface area contributed by atoms with Crippen LogP contribution < -0.4 is 5.32 Å². The molecule has 2 heterocycles. The minimum Gasteiger partial charge on any atom is -0.340 e. The molecule has 2 aromatic rings. The Bertz CT molecular complexity index is 538. The van der Waals surface area contributed by atoms with Crippen molar-refractivity contribution in [1.29, 1.82) is 0 Å². The van der Waals surface area contributed by atoms with Crippen LogP contribution in [0.2, 0.25) is 0 Å². The summed E-state index contributed by atoms with van der Waals surface area (Å²) in [6.45, 7) is 0.775. The molecule has 102 valence electrons. The van der Waals surface area contributed by atoms with Crippen LogP contribution >= 0.6 is 12.4 Å². The van der Waals surface area contributed by atoms with E-state index in [1.54, 1.807) is 4.90 Å². The molecule has 19 heavy (non-hydrogen) atoms. The Balaban J connectivity index is 0.00000133. The second-order valence-corrected chi connectivity index (χ2v) is 4.61. The van der Waals surface area contributed by atoms with Gasteiger partial charge >= 0.3 is 0 Å². The van der Waals surface area contributed by atoms with Crippen LogP contribution in [0.1, 0.15) is 18.3 Å². The highest BCUT2D eigenvalue weighted by atomic mass is 35.5. The Hall–Kier alpha value is -1.59. The molecule has 2 unspecified atom stereocenters. The second-order valence-electron chi connectivity index (χ2n) is 4.61. The number of nitrogens with zero attached hydrogens (tertiary/aromatic N) is 2. The van der Waals surface area contributed by atoms with Crippen LogP contribution in [0.25, 0.3) is 11.0 Å². The topological polar surface area (TPSA) is 61.0 Å². The largest absolute Gasteiger partial charge is 0.340 e. The molecule has 0 radical (unpaired) electrons. The fourth-order valence-corrected chi connectivity index (χ4v) is 2.70. The van der Waals surface area contributed by atoms with Gasteiger partial charge in [-0.05, 0) is 25.6 Å². The van der Waals surface area contributed by atoms with E-state index < -0.39 is 0 Å². The van der Waals surface area contributed by atoms with Crippen molar-refractivity contribution in [3.8, 4) is 0 Å². The third-order valence-electron chi connectivity index (χ3n) is 3.63. The van der Waals surface area contributed by atoms with Crippen LogP contribution in [0.3, 0.4) is 0 Å². The van der Waals surface area contributed by atoms with E-state index in [9.17, 15) is 4.79 Å². The molecule has 2 atom stereocenters. The number of likely N-dealkylation sites (N-methyl/N-ethyl adjacent to an activating group) is 1. The van der Waals surface area contributed by atoms with Gasteiger partial charge in [-0.15, -0.1) is 12.4 Å². The van der Waals surface area contributed by atoms with Crippen molar-refractivity contribution in [2.75, 3.05) is 13.6 Å². The second kappa shape index (κ2) is 5.59. The van der Waals surface area contributed by atoms with Crippen molar-refractivity contribution in [3.05, 3.63) is 30.1 Å². The molecule has 1 aromatic heterocycles. The summed E-state index contributed by atoms with van der Waals surface area (Å²) in [6, 6.07) is 8.18. The van der Waals surface area contributed by atoms with Crippen molar-refractivity contribution in [2.45, 2.75) is 18.5 Å². The minimum absolute atomic E-state index is 0. The van der Waals surface area contributed by atoms with Crippen molar-refractivity contribution in [1.82, 2.24) is 20.2 Å². The van der Waals surface area contributed by atoms with Gasteiger partial charge in [0.1, 0.15) is 11.9 Å². The van der Waals surface area contributed by atoms with Gasteiger partial charge in [-0.1, -0.05) is 12.1 Å². The highest BCUT2D eigenvalue weighted by molar-refractivity contribution is 5.85. The maximum atomic E-state index is 11.1. The van der Waals surface area contributed by atoms with Crippen LogP contribution in [0.5, 0.6) is 0 Å². The number of hydrogen-bond donors (Lipinski definition) is 2. The number of carbonyl (C=O) groups is 1. The van der Waals surface area contributed by atoms with Gasteiger partial charge in [0.15, 0.2) is 0 Å². The van der Waals surface area contributed by atoms with Gasteiger partial charge in [0.2, 0.25) is 6.41 Å². The molecule has 1 aliphatic rings. The number of amides is 1. The number of aromatic amines is 1. The van der Waals surface area contributed by atoms with Crippen molar-refractivity contribution in [2.24, 2.45) is 0 Å². The molecule has 5 nitrogen and oxygen atoms in total. The predicted molar refractivity (Wildman–Crippen MR) is 76.3 cm³/mol. The molecule has 0 aliphatic carbocycles. The minimum atomic E-state index is -0.0000926. The number of nitrogens with one attached hydrogen (secondary N) is 2. The van der Waals surface area contributed by atoms with Crippen molar-refractivity contribution >= 4 is 29.9 Å². The maximum Gasteiger partial charge on any atom is 0.210 e. The first-order valence-corrected chi connectivity index (χ1v) is 6.16. The van der Waals surface area contributed by atoms with E-state index in [-0.39, 0.29) is 24.5 Å². The number of H-pyrrole nitrogens is 1. The molecule has 2 N–H and O–H groups in total. The first kappa shape index (κ1) is 13.8. The molecule has 1 fully saturated rings. The molecule has 6 heteroatoms. The molecule has 0 saturated carbocycles. The molecular formula is C13H17ClN4O. The summed E-state index contributed by atoms with van der Waals surface area (Å²) < 4.78 is 0. The maximum absolute atomic E-state index is 11.1. The van der Waals surface area contributed by atoms with Gasteiger partial charge in [0, 0.05) is 12.6 Å². The van der Waals surface area contributed by atoms with Gasteiger partial charge in [-0.2, -0.15) is 0 Å². The Morgan fingerprint density at radius 1 is 1.47 bits per heavy atom. The van der Waals surface area contributed by atoms with Gasteiger partial charge < -0.3 is 15.2 Å². The summed E-state index contributed by atoms with van der Waals surface area (Å²) in [6.07, 6.45) is 1.87. The molecule has 1 aromatic carbocycles. The highest BCUT2D eigenvalue weighted by Crippen LogP contribution is 2.30. The van der Waals surface area contributed by atoms with E-state index in [1.165, 1.54) is 0 Å². The zero-order chi connectivity index (χ0) is 12.5. The van der Waals surface area contributed by atoms with Gasteiger partial charge in [0.25, 0.3) is 0 Å². The van der Waals surface area contributed by atoms with Crippen LogP contribution in [-0.2, 0) is 4.79 Å². The molecule has 0 bridgehead atoms. The van der Waals surface area contributed by atoms with Crippen molar-refractivity contribution in [3.63, 3.8) is 0 Å². The SMILES string of the molecule is CNC1CCN(C=O)C1c1nc2ccccc2[nH]1.Cl. The summed E-state index contributed by atoms with van der Waals surface area (Å²) in [7, 11) is 1.93. The zero-order valence-electron chi connectivity index (χ0n) is 10.7. The van der Waals surface area contributed by atoms with E-state index in [2.05, 4.69) is 15.3 Å². The number of para-hydroxylation sites is 2. The Kier molecular flexibility index (Phi) is 4.07. The smallest absolute Gasteiger partial charge is 0.210 e. The highest BCUT2D eigenvalue weighted by Gasteiger charge is 2.35. The fraction of sp³-hybridized carbons (Fsp3) is 0.385. The first-order valence-electron chi connectivity index (χ1n) is 6.16. The molecule has 1 amide bonds. The number of likely N-dealkylation sites (tertiary alicyclic amines) is 1. The first-order chi connectivity index (χ1) is 8.83. The molecule has 3 rings (SSSR count). The number of imidazole rings is 1. The van der Waals surface area contributed by atoms with Gasteiger partial charge in [-0.3, -0.25) is 4.79 Å². The Morgan fingerprint density at radius 2 is 2.26 bits per heavy atom. The van der Waals surface area contributed by atoms with Crippen molar-refractivity contribution < 1.29 is 4.79 Å². The lowest BCUT2D eigenvalue weighted by molar-refractivity contribution is -0.119. The number of aromatic nitrogens is 2. The van der Waals surface area contributed by atoms with Crippen LogP contribution in [0.15, 0.2) is 24.3 Å². The summed E-state index contributed by atoms with van der Waals surface area (Å²) in [5, 5.41) is 3.26. The van der Waals surface area contributed by atoms with Crippen LogP contribution in [0.4, 0.5) is 0 Å². The number of halogens is 1. The lowest BCUT2D eigenvalue weighted by atomic mass is 10.1. The average molecular weight is 281 g/mol. The number of hydrogen-bond acceptors (Lipinski definition) is 3. The van der Waals surface area contributed by atoms with Gasteiger partial charge in [0.05, 0.1) is 11.0 Å². The summed E-state index contributed by atoms with van der Waals surface area (Å²) in [5.41, 5.74) is 1.96. The third-order valence-corrected chi connectivity index (χ3v) is 3.63. The zero-order valence-corrected chi connectivity index (χ0v) is 11.5. The average Bonchev–Trinajstić information content (AvgIpc) is 3.00. The third kappa shape index (κ3) is 2.31. The van der Waals surface area contributed by atoms with Crippen LogP contribution in [-0.4, -0.2) is 40.9 Å². The van der Waals surface area contributed by atoms with E-state index in [4.69, 9.17) is 0 Å². The number of carbonyl (C=O) groups excluding carboxylic acids is 1. The van der Waals surface area contributed by atoms with E-state index in [0.717, 1.165) is 36.2 Å². The van der Waals surface area contributed by atoms with Gasteiger partial charge in [-0.25, -0.2) is 4.98 Å². The number of benzene rings is 1. The monoisotopic (exact) mass is 280 g/mol. The van der Waals surface area contributed by atoms with E-state index >= 15 is 0 Å². The van der Waals surface area contributed by atoms with Crippen LogP contribution in [0, 0.1) is 0 Å². The summed E-state index contributed by atoms with van der Waals surface area (Å²) >= 11 is 0. The molecular weight excluding hydrogens is 264 g/mol. The van der Waals surface area contributed by atoms with E-state index in [0.29, 0.717) is 0 Å². The summed E-state index contributed by atoms with van der Waals surface area (Å²) in [5.74, 6) is 0.861. The molecule has 0 spiro atoms. The lowest BCUT2D eigenvalue weighted by Gasteiger charge is -2.22. The predicted octanol–water partition coefficient (Wildman–Crippen LogP) is 1.48. The Morgan fingerprint density at radius 3 is 2.95 bits per heavy atom. The Labute approximate surface area is 117 Å². The summed E-state index contributed by atoms with van der Waals surface area (Å²) in [4.78, 5) is 20.8. The quantitative estimate of drug-likeness (QED) is 0.837.